The number of aromatic nitrogens is 2. The molecule has 1 aromatic heterocycles. The van der Waals surface area contributed by atoms with Crippen LogP contribution in [-0.2, 0) is 17.8 Å². The van der Waals surface area contributed by atoms with E-state index in [1.54, 1.807) is 31.8 Å². The molecule has 0 unspecified atom stereocenters. The number of ether oxygens (including phenoxy) is 4. The molecule has 2 aromatic carbocycles. The Bertz CT molecular complexity index is 1030. The van der Waals surface area contributed by atoms with Gasteiger partial charge in [-0.05, 0) is 42.0 Å². The number of nitrogens with zero attached hydrogens (tertiary/aromatic N) is 3. The van der Waals surface area contributed by atoms with Gasteiger partial charge in [0.25, 0.3) is 0 Å². The molecule has 3 aromatic rings. The molecule has 1 atom stereocenters. The Morgan fingerprint density at radius 2 is 2.00 bits per heavy atom. The molecule has 2 heterocycles. The van der Waals surface area contributed by atoms with E-state index in [1.807, 2.05) is 29.0 Å². The average molecular weight is 472 g/mol. The highest BCUT2D eigenvalue weighted by atomic mass is 19.1. The van der Waals surface area contributed by atoms with Crippen LogP contribution in [0.25, 0.3) is 0 Å². The minimum absolute atomic E-state index is 0.0438. The average Bonchev–Trinajstić information content (AvgIpc) is 3.29. The van der Waals surface area contributed by atoms with Crippen molar-refractivity contribution < 1.29 is 28.4 Å². The van der Waals surface area contributed by atoms with Crippen LogP contribution in [0, 0.1) is 5.82 Å². The Hall–Kier alpha value is -3.14. The van der Waals surface area contributed by atoms with E-state index in [1.165, 1.54) is 12.1 Å². The maximum atomic E-state index is 13.1. The minimum atomic E-state index is -1.19. The first kappa shape index (κ1) is 24.0. The first-order valence-electron chi connectivity index (χ1n) is 11.2. The van der Waals surface area contributed by atoms with Gasteiger partial charge in [-0.3, -0.25) is 4.90 Å². The van der Waals surface area contributed by atoms with E-state index in [0.717, 1.165) is 5.56 Å². The fourth-order valence-electron chi connectivity index (χ4n) is 3.84. The second-order valence-corrected chi connectivity index (χ2v) is 8.36. The van der Waals surface area contributed by atoms with Crippen molar-refractivity contribution in [2.45, 2.75) is 18.7 Å². The number of halogens is 1. The number of β-amino-alcohol motifs (C(OH)–C–C–N with tert-alkyl or cyclic N) is 1. The Kier molecular flexibility index (Phi) is 7.99. The van der Waals surface area contributed by atoms with Gasteiger partial charge in [0, 0.05) is 32.0 Å². The lowest BCUT2D eigenvalue weighted by atomic mass is 10.1. The molecular weight excluding hydrogens is 441 g/mol. The van der Waals surface area contributed by atoms with Crippen molar-refractivity contribution in [1.82, 2.24) is 14.5 Å². The van der Waals surface area contributed by atoms with Crippen LogP contribution in [0.5, 0.6) is 17.2 Å². The molecular formula is C25H30FN3O5. The Labute approximate surface area is 198 Å². The van der Waals surface area contributed by atoms with Gasteiger partial charge >= 0.3 is 0 Å². The number of benzene rings is 2. The van der Waals surface area contributed by atoms with Crippen molar-refractivity contribution in [3.8, 4) is 17.2 Å². The number of methoxy groups -OCH3 is 1. The lowest BCUT2D eigenvalue weighted by Crippen LogP contribution is -2.48. The highest BCUT2D eigenvalue weighted by Gasteiger charge is 2.33. The van der Waals surface area contributed by atoms with E-state index in [-0.39, 0.29) is 19.0 Å². The highest BCUT2D eigenvalue weighted by Crippen LogP contribution is 2.29. The van der Waals surface area contributed by atoms with E-state index in [4.69, 9.17) is 18.9 Å². The third-order valence-corrected chi connectivity index (χ3v) is 5.56. The van der Waals surface area contributed by atoms with Gasteiger partial charge in [0.1, 0.15) is 30.4 Å². The maximum Gasteiger partial charge on any atom is 0.161 e. The third kappa shape index (κ3) is 6.69. The Morgan fingerprint density at radius 1 is 1.15 bits per heavy atom. The van der Waals surface area contributed by atoms with Crippen molar-refractivity contribution in [3.05, 3.63) is 72.6 Å². The summed E-state index contributed by atoms with van der Waals surface area (Å²) in [5, 5.41) is 11.1. The van der Waals surface area contributed by atoms with Gasteiger partial charge in [-0.15, -0.1) is 0 Å². The predicted octanol–water partition coefficient (Wildman–Crippen LogP) is 2.75. The summed E-state index contributed by atoms with van der Waals surface area (Å²) < 4.78 is 37.8. The molecule has 8 nitrogen and oxygen atoms in total. The molecule has 1 fully saturated rings. The summed E-state index contributed by atoms with van der Waals surface area (Å²) in [6, 6.07) is 11.6. The molecule has 34 heavy (non-hydrogen) atoms. The molecule has 0 amide bonds. The van der Waals surface area contributed by atoms with Crippen LogP contribution < -0.4 is 14.2 Å². The first-order valence-corrected chi connectivity index (χ1v) is 11.2. The minimum Gasteiger partial charge on any atom is -0.493 e. The van der Waals surface area contributed by atoms with Gasteiger partial charge in [0.15, 0.2) is 11.5 Å². The molecule has 0 bridgehead atoms. The van der Waals surface area contributed by atoms with E-state index in [9.17, 15) is 9.50 Å². The van der Waals surface area contributed by atoms with Gasteiger partial charge < -0.3 is 28.6 Å². The monoisotopic (exact) mass is 471 g/mol. The summed E-state index contributed by atoms with van der Waals surface area (Å²) in [6.07, 6.45) is 5.38. The highest BCUT2D eigenvalue weighted by molar-refractivity contribution is 5.43. The van der Waals surface area contributed by atoms with Crippen molar-refractivity contribution >= 4 is 0 Å². The van der Waals surface area contributed by atoms with Crippen LogP contribution in [0.3, 0.4) is 0 Å². The number of aliphatic hydroxyl groups is 1. The number of imidazole rings is 1. The molecule has 0 spiro atoms. The van der Waals surface area contributed by atoms with Crippen molar-refractivity contribution in [2.75, 3.05) is 46.6 Å². The molecule has 4 rings (SSSR count). The Morgan fingerprint density at radius 3 is 2.76 bits per heavy atom. The van der Waals surface area contributed by atoms with Gasteiger partial charge in [-0.1, -0.05) is 6.07 Å². The van der Waals surface area contributed by atoms with E-state index >= 15 is 0 Å². The first-order chi connectivity index (χ1) is 16.5. The van der Waals surface area contributed by atoms with Crippen LogP contribution in [0.1, 0.15) is 5.56 Å². The maximum absolute atomic E-state index is 13.1. The topological polar surface area (TPSA) is 78.2 Å². The Balaban J connectivity index is 1.34. The van der Waals surface area contributed by atoms with Crippen molar-refractivity contribution in [3.63, 3.8) is 0 Å². The van der Waals surface area contributed by atoms with Crippen LogP contribution in [0.15, 0.2) is 61.2 Å². The number of hydrogen-bond donors (Lipinski definition) is 1. The predicted molar refractivity (Wildman–Crippen MR) is 124 cm³/mol. The largest absolute Gasteiger partial charge is 0.493 e. The van der Waals surface area contributed by atoms with Crippen molar-refractivity contribution in [1.29, 1.82) is 0 Å². The second kappa shape index (κ2) is 11.3. The molecule has 1 saturated heterocycles. The standard InChI is InChI=1S/C25H30FN3O5/c1-31-24-14-20(2-7-23(24)33-13-11-28-9-8-27-19-28)15-29-10-12-32-17-25(30,16-29)18-34-22-5-3-21(26)4-6-22/h2-9,14,19,30H,10-13,15-18H2,1H3/t25-/m1/s1. The summed E-state index contributed by atoms with van der Waals surface area (Å²) in [5.41, 5.74) is -0.159. The second-order valence-electron chi connectivity index (χ2n) is 8.36. The lowest BCUT2D eigenvalue weighted by molar-refractivity contribution is -0.0646. The lowest BCUT2D eigenvalue weighted by Gasteiger charge is -2.30. The summed E-state index contributed by atoms with van der Waals surface area (Å²) in [6.45, 7) is 3.55. The van der Waals surface area contributed by atoms with Crippen LogP contribution in [0.2, 0.25) is 0 Å². The zero-order chi connectivity index (χ0) is 23.8. The van der Waals surface area contributed by atoms with Crippen LogP contribution >= 0.6 is 0 Å². The summed E-state index contributed by atoms with van der Waals surface area (Å²) >= 11 is 0. The quantitative estimate of drug-likeness (QED) is 0.487. The zero-order valence-electron chi connectivity index (χ0n) is 19.2. The zero-order valence-corrected chi connectivity index (χ0v) is 19.2. The van der Waals surface area contributed by atoms with E-state index in [2.05, 4.69) is 9.88 Å². The van der Waals surface area contributed by atoms with Gasteiger partial charge in [-0.25, -0.2) is 9.37 Å². The molecule has 1 N–H and O–H groups in total. The fraction of sp³-hybridized carbons (Fsp3) is 0.400. The molecule has 0 saturated carbocycles. The third-order valence-electron chi connectivity index (χ3n) is 5.56. The van der Waals surface area contributed by atoms with E-state index < -0.39 is 5.60 Å². The summed E-state index contributed by atoms with van der Waals surface area (Å²) in [4.78, 5) is 6.15. The molecule has 182 valence electrons. The van der Waals surface area contributed by atoms with Crippen LogP contribution in [0.4, 0.5) is 4.39 Å². The normalized spacial score (nSPS) is 18.9. The molecule has 0 aliphatic carbocycles. The van der Waals surface area contributed by atoms with Gasteiger partial charge in [0.05, 0.1) is 33.2 Å². The van der Waals surface area contributed by atoms with Crippen LogP contribution in [-0.4, -0.2) is 71.8 Å². The molecule has 1 aliphatic rings. The van der Waals surface area contributed by atoms with Gasteiger partial charge in [-0.2, -0.15) is 0 Å². The van der Waals surface area contributed by atoms with Crippen molar-refractivity contribution in [2.24, 2.45) is 0 Å². The summed E-state index contributed by atoms with van der Waals surface area (Å²) in [5.74, 6) is 1.50. The van der Waals surface area contributed by atoms with E-state index in [0.29, 0.717) is 56.6 Å². The van der Waals surface area contributed by atoms with Gasteiger partial charge in [0.2, 0.25) is 0 Å². The smallest absolute Gasteiger partial charge is 0.161 e. The number of hydrogen-bond acceptors (Lipinski definition) is 7. The summed E-state index contributed by atoms with van der Waals surface area (Å²) in [7, 11) is 1.62. The molecule has 1 aliphatic heterocycles. The molecule has 9 heteroatoms. The fourth-order valence-corrected chi connectivity index (χ4v) is 3.84. The SMILES string of the molecule is COc1cc(CN2CCOC[C@@](O)(COc3ccc(F)cc3)C2)ccc1OCCn1ccnc1. The number of rotatable bonds is 10. The molecule has 0 radical (unpaired) electrons.